The number of ketones is 1. The summed E-state index contributed by atoms with van der Waals surface area (Å²) in [7, 11) is 3.93. The third-order valence-electron chi connectivity index (χ3n) is 9.65. The molecule has 3 fully saturated rings. The number of Topliss-reactive ketones (excluding diaryl/α,β-unsaturated/α-hetero) is 1. The van der Waals surface area contributed by atoms with Gasteiger partial charge in [0.15, 0.2) is 5.78 Å². The molecule has 1 aromatic carbocycles. The van der Waals surface area contributed by atoms with Crippen LogP contribution < -0.4 is 10.6 Å². The number of aldehydes is 2. The minimum atomic E-state index is -0.806. The van der Waals surface area contributed by atoms with E-state index in [4.69, 9.17) is 5.41 Å². The van der Waals surface area contributed by atoms with Crippen molar-refractivity contribution in [3.8, 4) is 11.1 Å². The van der Waals surface area contributed by atoms with Gasteiger partial charge in [-0.2, -0.15) is 0 Å². The maximum Gasteiger partial charge on any atom is 0.178 e. The summed E-state index contributed by atoms with van der Waals surface area (Å²) in [5, 5.41) is 13.8. The average Bonchev–Trinajstić information content (AvgIpc) is 3.44. The van der Waals surface area contributed by atoms with Crippen LogP contribution in [-0.2, 0) is 21.1 Å². The van der Waals surface area contributed by atoms with Crippen LogP contribution in [0.2, 0.25) is 0 Å². The molecule has 1 aliphatic carbocycles. The molecule has 11 nitrogen and oxygen atoms in total. The number of rotatable bonds is 11. The molecule has 2 saturated heterocycles. The SMILES string of the molecule is CC(=O)C(=N)c1cc(-c2cnc(C)nc2)cc(CF)c1NCC=O.CN1CC(CN2CC3(CCC3)C2)CC1C=O.CNc1nc(Br)ccc1C. The average molecular weight is 752 g/mol. The second-order valence-corrected chi connectivity index (χ2v) is 14.3. The first-order valence-corrected chi connectivity index (χ1v) is 17.7. The van der Waals surface area contributed by atoms with Crippen LogP contribution in [0, 0.1) is 30.6 Å². The summed E-state index contributed by atoms with van der Waals surface area (Å²) in [4.78, 5) is 50.3. The van der Waals surface area contributed by atoms with Crippen molar-refractivity contribution in [2.45, 2.75) is 59.2 Å². The summed E-state index contributed by atoms with van der Waals surface area (Å²) in [5.41, 5.74) is 3.68. The number of hydrogen-bond acceptors (Lipinski definition) is 11. The molecule has 13 heteroatoms. The van der Waals surface area contributed by atoms with Crippen LogP contribution in [0.4, 0.5) is 15.9 Å². The molecule has 3 aliphatic rings. The van der Waals surface area contributed by atoms with E-state index < -0.39 is 12.5 Å². The highest BCUT2D eigenvalue weighted by Gasteiger charge is 2.47. The molecule has 3 N–H and O–H groups in total. The van der Waals surface area contributed by atoms with E-state index in [-0.39, 0.29) is 35.1 Å². The molecule has 0 radical (unpaired) electrons. The molecule has 0 amide bonds. The lowest BCUT2D eigenvalue weighted by Gasteiger charge is -2.56. The molecule has 1 saturated carbocycles. The van der Waals surface area contributed by atoms with Crippen LogP contribution in [0.3, 0.4) is 0 Å². The van der Waals surface area contributed by atoms with E-state index in [0.717, 1.165) is 46.6 Å². The van der Waals surface area contributed by atoms with Crippen molar-refractivity contribution in [3.05, 3.63) is 63.8 Å². The van der Waals surface area contributed by atoms with Crippen molar-refractivity contribution >= 4 is 51.5 Å². The molecule has 4 heterocycles. The monoisotopic (exact) mass is 750 g/mol. The van der Waals surface area contributed by atoms with Crippen molar-refractivity contribution in [3.63, 3.8) is 0 Å². The molecule has 6 rings (SSSR count). The maximum absolute atomic E-state index is 13.5. The molecule has 2 atom stereocenters. The predicted octanol–water partition coefficient (Wildman–Crippen LogP) is 5.67. The molecule has 3 aromatic rings. The number of aromatic nitrogens is 3. The smallest absolute Gasteiger partial charge is 0.178 e. The van der Waals surface area contributed by atoms with Gasteiger partial charge in [-0.05, 0) is 96.7 Å². The van der Waals surface area contributed by atoms with Crippen LogP contribution in [0.15, 0.2) is 41.3 Å². The predicted molar refractivity (Wildman–Crippen MR) is 199 cm³/mol. The first kappa shape index (κ1) is 38.9. The maximum atomic E-state index is 13.5. The number of likely N-dealkylation sites (tertiary alicyclic amines) is 2. The molecule has 1 spiro atoms. The van der Waals surface area contributed by atoms with Crippen LogP contribution >= 0.6 is 15.9 Å². The number of benzene rings is 1. The van der Waals surface area contributed by atoms with Crippen molar-refractivity contribution < 1.29 is 18.8 Å². The number of aryl methyl sites for hydroxylation is 2. The Morgan fingerprint density at radius 1 is 1.14 bits per heavy atom. The number of likely N-dealkylation sites (N-methyl/N-ethyl adjacent to an activating group) is 1. The van der Waals surface area contributed by atoms with E-state index in [0.29, 0.717) is 23.2 Å². The highest BCUT2D eigenvalue weighted by atomic mass is 79.9. The van der Waals surface area contributed by atoms with Gasteiger partial charge in [0.05, 0.1) is 12.6 Å². The lowest BCUT2D eigenvalue weighted by molar-refractivity contribution is -0.111. The third kappa shape index (κ3) is 9.85. The molecule has 2 aliphatic heterocycles. The summed E-state index contributed by atoms with van der Waals surface area (Å²) >= 11 is 3.29. The van der Waals surface area contributed by atoms with E-state index >= 15 is 0 Å². The number of carbonyl (C=O) groups is 3. The van der Waals surface area contributed by atoms with E-state index in [2.05, 4.69) is 58.4 Å². The van der Waals surface area contributed by atoms with Crippen molar-refractivity contribution in [1.29, 1.82) is 5.41 Å². The highest BCUT2D eigenvalue weighted by Crippen LogP contribution is 2.48. The molecule has 0 bridgehead atoms. The highest BCUT2D eigenvalue weighted by molar-refractivity contribution is 9.10. The largest absolute Gasteiger partial charge is 0.377 e. The Morgan fingerprint density at radius 2 is 1.84 bits per heavy atom. The zero-order chi connectivity index (χ0) is 36.4. The standard InChI is InChI=1S/C17H17FN4O2.C13H22N2O.C7H9BrN2/c1-10(24)16(19)15-6-12(14-8-21-11(2)22-9-14)5-13(7-18)17(15)20-3-4-23;1-14-6-11(5-12(14)8-16)7-15-9-13(10-15)3-2-4-13;1-5-3-4-6(8)10-7(5)9-2/h4-6,8-9,19-20H,3,7H2,1-2H3;8,11-12H,2-7,9-10H2,1H3;3-4H,1-2H3,(H,9,10). The van der Waals surface area contributed by atoms with E-state index in [1.54, 1.807) is 31.5 Å². The molecular weight excluding hydrogens is 703 g/mol. The minimum Gasteiger partial charge on any atom is -0.377 e. The van der Waals surface area contributed by atoms with Gasteiger partial charge in [0.1, 0.15) is 41.2 Å². The Morgan fingerprint density at radius 3 is 2.36 bits per heavy atom. The van der Waals surface area contributed by atoms with E-state index in [1.165, 1.54) is 45.8 Å². The Bertz CT molecular complexity index is 1660. The van der Waals surface area contributed by atoms with Gasteiger partial charge in [-0.1, -0.05) is 12.5 Å². The molecule has 2 aromatic heterocycles. The minimum absolute atomic E-state index is 0.0435. The summed E-state index contributed by atoms with van der Waals surface area (Å²) < 4.78 is 14.4. The second kappa shape index (κ2) is 17.8. The van der Waals surface area contributed by atoms with Crippen LogP contribution in [-0.4, -0.2) is 102 Å². The third-order valence-corrected chi connectivity index (χ3v) is 10.1. The lowest BCUT2D eigenvalue weighted by Crippen LogP contribution is -2.60. The fourth-order valence-corrected chi connectivity index (χ4v) is 7.14. The van der Waals surface area contributed by atoms with Gasteiger partial charge < -0.3 is 25.1 Å². The number of nitrogens with one attached hydrogen (secondary N) is 3. The molecule has 2 unspecified atom stereocenters. The summed E-state index contributed by atoms with van der Waals surface area (Å²) in [5.74, 6) is 1.80. The number of carbonyl (C=O) groups excluding carboxylic acids is 3. The summed E-state index contributed by atoms with van der Waals surface area (Å²) in [6.07, 6.45) is 10.4. The Balaban J connectivity index is 0.000000185. The van der Waals surface area contributed by atoms with Gasteiger partial charge in [0.2, 0.25) is 0 Å². The van der Waals surface area contributed by atoms with Gasteiger partial charge in [-0.3, -0.25) is 15.1 Å². The lowest BCUT2D eigenvalue weighted by atomic mass is 9.63. The Kier molecular flexibility index (Phi) is 13.8. The second-order valence-electron chi connectivity index (χ2n) is 13.5. The topological polar surface area (TPSA) is 144 Å². The van der Waals surface area contributed by atoms with Gasteiger partial charge in [-0.15, -0.1) is 0 Å². The van der Waals surface area contributed by atoms with Gasteiger partial charge in [0.25, 0.3) is 0 Å². The number of hydrogen-bond donors (Lipinski definition) is 3. The first-order valence-electron chi connectivity index (χ1n) is 16.9. The van der Waals surface area contributed by atoms with Gasteiger partial charge in [-0.25, -0.2) is 19.3 Å². The van der Waals surface area contributed by atoms with Crippen LogP contribution in [0.25, 0.3) is 11.1 Å². The Hall–Kier alpha value is -3.94. The van der Waals surface area contributed by atoms with E-state index in [9.17, 15) is 18.8 Å². The summed E-state index contributed by atoms with van der Waals surface area (Å²) in [6.45, 7) is 9.17. The van der Waals surface area contributed by atoms with Crippen molar-refractivity contribution in [1.82, 2.24) is 24.8 Å². The first-order chi connectivity index (χ1) is 23.9. The van der Waals surface area contributed by atoms with E-state index in [1.807, 2.05) is 26.1 Å². The number of anilines is 2. The molecule has 268 valence electrons. The normalized spacial score (nSPS) is 19.1. The Labute approximate surface area is 302 Å². The number of pyridine rings is 1. The number of halogens is 2. The summed E-state index contributed by atoms with van der Waals surface area (Å²) in [6, 6.07) is 7.32. The number of nitrogens with zero attached hydrogens (tertiary/aromatic N) is 5. The van der Waals surface area contributed by atoms with Gasteiger partial charge >= 0.3 is 0 Å². The fraction of sp³-hybridized carbons (Fsp3) is 0.486. The number of alkyl halides is 1. The zero-order valence-corrected chi connectivity index (χ0v) is 31.1. The van der Waals surface area contributed by atoms with Crippen molar-refractivity contribution in [2.75, 3.05) is 57.5 Å². The van der Waals surface area contributed by atoms with Gasteiger partial charge in [0, 0.05) is 74.9 Å². The quantitative estimate of drug-likeness (QED) is 0.127. The fourth-order valence-electron chi connectivity index (χ4n) is 6.83. The molecule has 50 heavy (non-hydrogen) atoms. The van der Waals surface area contributed by atoms with Crippen LogP contribution in [0.1, 0.15) is 55.1 Å². The zero-order valence-electron chi connectivity index (χ0n) is 29.6. The van der Waals surface area contributed by atoms with Crippen LogP contribution in [0.5, 0.6) is 0 Å². The molecular formula is C37H48BrFN8O3. The van der Waals surface area contributed by atoms with Crippen molar-refractivity contribution in [2.24, 2.45) is 11.3 Å².